The van der Waals surface area contributed by atoms with E-state index in [9.17, 15) is 9.59 Å². The molecule has 0 aromatic heterocycles. The average Bonchev–Trinajstić information content (AvgIpc) is 2.30. The molecule has 0 spiro atoms. The first-order valence-corrected chi connectivity index (χ1v) is 5.17. The lowest BCUT2D eigenvalue weighted by Gasteiger charge is -2.04. The molecule has 90 valence electrons. The number of carbonyl (C=O) groups excluding carboxylic acids is 2. The molecule has 0 bridgehead atoms. The molecule has 0 aliphatic carbocycles. The molecular formula is C12H14N2O3. The Labute approximate surface area is 99.5 Å². The van der Waals surface area contributed by atoms with E-state index in [2.05, 4.69) is 10.6 Å². The summed E-state index contributed by atoms with van der Waals surface area (Å²) in [7, 11) is 0. The van der Waals surface area contributed by atoms with Crippen molar-refractivity contribution < 1.29 is 14.3 Å². The van der Waals surface area contributed by atoms with E-state index < -0.39 is 11.9 Å². The second-order valence-electron chi connectivity index (χ2n) is 3.07. The van der Waals surface area contributed by atoms with Crippen molar-refractivity contribution in [3.8, 4) is 0 Å². The quantitative estimate of drug-likeness (QED) is 0.617. The fraction of sp³-hybridized carbons (Fsp3) is 0.167. The smallest absolute Gasteiger partial charge is 0.326 e. The van der Waals surface area contributed by atoms with Crippen LogP contribution in [0.3, 0.4) is 0 Å². The van der Waals surface area contributed by atoms with Crippen LogP contribution in [0.25, 0.3) is 0 Å². The predicted octanol–water partition coefficient (Wildman–Crippen LogP) is 1.88. The van der Waals surface area contributed by atoms with E-state index in [1.54, 1.807) is 31.2 Å². The van der Waals surface area contributed by atoms with Crippen molar-refractivity contribution in [2.45, 2.75) is 6.92 Å². The lowest BCUT2D eigenvalue weighted by atomic mass is 10.3. The minimum Gasteiger partial charge on any atom is -0.501 e. The van der Waals surface area contributed by atoms with E-state index in [1.165, 1.54) is 6.26 Å². The summed E-state index contributed by atoms with van der Waals surface area (Å²) in [6.07, 6.45) is 2.39. The number of hydrogen-bond donors (Lipinski definition) is 2. The summed E-state index contributed by atoms with van der Waals surface area (Å²) in [5, 5.41) is 4.65. The summed E-state index contributed by atoms with van der Waals surface area (Å²) >= 11 is 0. The first kappa shape index (κ1) is 12.8. The molecule has 0 saturated heterocycles. The van der Waals surface area contributed by atoms with Gasteiger partial charge in [0, 0.05) is 11.8 Å². The fourth-order valence-corrected chi connectivity index (χ4v) is 1.04. The molecule has 1 rings (SSSR count). The molecule has 0 heterocycles. The third kappa shape index (κ3) is 5.36. The van der Waals surface area contributed by atoms with Crippen molar-refractivity contribution >= 4 is 17.6 Å². The Kier molecular flexibility index (Phi) is 5.30. The monoisotopic (exact) mass is 234 g/mol. The van der Waals surface area contributed by atoms with Crippen LogP contribution in [0.4, 0.5) is 10.5 Å². The van der Waals surface area contributed by atoms with Gasteiger partial charge in [-0.1, -0.05) is 18.2 Å². The highest BCUT2D eigenvalue weighted by Crippen LogP contribution is 2.03. The zero-order valence-corrected chi connectivity index (χ0v) is 9.47. The van der Waals surface area contributed by atoms with Gasteiger partial charge in [-0.25, -0.2) is 4.79 Å². The molecule has 0 aliphatic rings. The number of para-hydroxylation sites is 1. The van der Waals surface area contributed by atoms with Crippen LogP contribution in [0.1, 0.15) is 6.92 Å². The summed E-state index contributed by atoms with van der Waals surface area (Å²) < 4.78 is 4.83. The summed E-state index contributed by atoms with van der Waals surface area (Å²) in [5.41, 5.74) is 0.617. The van der Waals surface area contributed by atoms with Crippen molar-refractivity contribution in [3.63, 3.8) is 0 Å². The lowest BCUT2D eigenvalue weighted by Crippen LogP contribution is -2.33. The Morgan fingerprint density at radius 2 is 2.00 bits per heavy atom. The van der Waals surface area contributed by atoms with Gasteiger partial charge in [-0.3, -0.25) is 10.1 Å². The van der Waals surface area contributed by atoms with Crippen LogP contribution in [-0.4, -0.2) is 18.5 Å². The molecule has 0 unspecified atom stereocenters. The Morgan fingerprint density at radius 1 is 1.29 bits per heavy atom. The van der Waals surface area contributed by atoms with Gasteiger partial charge in [-0.2, -0.15) is 0 Å². The maximum absolute atomic E-state index is 11.3. The van der Waals surface area contributed by atoms with E-state index in [-0.39, 0.29) is 0 Å². The van der Waals surface area contributed by atoms with Gasteiger partial charge in [-0.15, -0.1) is 0 Å². The van der Waals surface area contributed by atoms with Crippen LogP contribution in [0.2, 0.25) is 0 Å². The Bertz CT molecular complexity index is 401. The number of rotatable bonds is 4. The van der Waals surface area contributed by atoms with Gasteiger partial charge in [0.15, 0.2) is 0 Å². The van der Waals surface area contributed by atoms with Crippen LogP contribution < -0.4 is 10.6 Å². The van der Waals surface area contributed by atoms with Crippen molar-refractivity contribution in [2.75, 3.05) is 11.9 Å². The first-order valence-electron chi connectivity index (χ1n) is 5.17. The van der Waals surface area contributed by atoms with Crippen molar-refractivity contribution in [2.24, 2.45) is 0 Å². The minimum absolute atomic E-state index is 0.472. The number of hydrogen-bond acceptors (Lipinski definition) is 3. The standard InChI is InChI=1S/C12H14N2O3/c1-2-17-9-8-11(15)14-12(16)13-10-6-4-3-5-7-10/h3-9H,2H2,1H3,(H2,13,14,15,16). The topological polar surface area (TPSA) is 67.4 Å². The Morgan fingerprint density at radius 3 is 2.65 bits per heavy atom. The molecule has 0 radical (unpaired) electrons. The molecule has 3 amide bonds. The molecule has 0 aliphatic heterocycles. The maximum Gasteiger partial charge on any atom is 0.326 e. The number of benzene rings is 1. The molecule has 0 saturated carbocycles. The summed E-state index contributed by atoms with van der Waals surface area (Å²) in [6.45, 7) is 2.27. The SMILES string of the molecule is CCOC=CC(=O)NC(=O)Nc1ccccc1. The number of urea groups is 1. The number of ether oxygens (including phenoxy) is 1. The first-order chi connectivity index (χ1) is 8.22. The summed E-state index contributed by atoms with van der Waals surface area (Å²) in [6, 6.07) is 8.26. The van der Waals surface area contributed by atoms with Gasteiger partial charge in [0.2, 0.25) is 0 Å². The van der Waals surface area contributed by atoms with E-state index in [1.807, 2.05) is 6.07 Å². The second kappa shape index (κ2) is 7.05. The van der Waals surface area contributed by atoms with Crippen molar-refractivity contribution in [1.29, 1.82) is 0 Å². The lowest BCUT2D eigenvalue weighted by molar-refractivity contribution is -0.115. The van der Waals surface area contributed by atoms with Crippen LogP contribution >= 0.6 is 0 Å². The number of nitrogens with one attached hydrogen (secondary N) is 2. The zero-order chi connectivity index (χ0) is 12.5. The summed E-state index contributed by atoms with van der Waals surface area (Å²) in [4.78, 5) is 22.5. The molecule has 1 aromatic carbocycles. The van der Waals surface area contributed by atoms with Crippen LogP contribution in [0, 0.1) is 0 Å². The fourth-order valence-electron chi connectivity index (χ4n) is 1.04. The molecule has 0 fully saturated rings. The molecule has 5 nitrogen and oxygen atoms in total. The zero-order valence-electron chi connectivity index (χ0n) is 9.47. The van der Waals surface area contributed by atoms with Gasteiger partial charge in [0.25, 0.3) is 5.91 Å². The molecule has 2 N–H and O–H groups in total. The third-order valence-corrected chi connectivity index (χ3v) is 1.75. The second-order valence-corrected chi connectivity index (χ2v) is 3.07. The van der Waals surface area contributed by atoms with Crippen molar-refractivity contribution in [3.05, 3.63) is 42.7 Å². The Hall–Kier alpha value is -2.30. The average molecular weight is 234 g/mol. The minimum atomic E-state index is -0.581. The van der Waals surface area contributed by atoms with Crippen LogP contribution in [0.15, 0.2) is 42.7 Å². The molecule has 17 heavy (non-hydrogen) atoms. The van der Waals surface area contributed by atoms with E-state index in [0.717, 1.165) is 6.08 Å². The Balaban J connectivity index is 2.37. The van der Waals surface area contributed by atoms with E-state index in [4.69, 9.17) is 4.74 Å². The normalized spacial score (nSPS) is 9.94. The molecule has 1 aromatic rings. The van der Waals surface area contributed by atoms with Crippen LogP contribution in [0.5, 0.6) is 0 Å². The van der Waals surface area contributed by atoms with Gasteiger partial charge in [0.1, 0.15) is 0 Å². The number of amides is 3. The third-order valence-electron chi connectivity index (χ3n) is 1.75. The maximum atomic E-state index is 11.3. The highest BCUT2D eigenvalue weighted by molar-refractivity contribution is 6.04. The molecule has 5 heteroatoms. The van der Waals surface area contributed by atoms with Gasteiger partial charge < -0.3 is 10.1 Å². The van der Waals surface area contributed by atoms with Gasteiger partial charge in [-0.05, 0) is 19.1 Å². The number of imide groups is 1. The van der Waals surface area contributed by atoms with E-state index >= 15 is 0 Å². The molecular weight excluding hydrogens is 220 g/mol. The summed E-state index contributed by atoms with van der Waals surface area (Å²) in [5.74, 6) is -0.535. The van der Waals surface area contributed by atoms with Crippen molar-refractivity contribution in [1.82, 2.24) is 5.32 Å². The predicted molar refractivity (Wildman–Crippen MR) is 64.4 cm³/mol. The largest absolute Gasteiger partial charge is 0.501 e. The van der Waals surface area contributed by atoms with Gasteiger partial charge >= 0.3 is 6.03 Å². The molecule has 0 atom stereocenters. The number of carbonyl (C=O) groups is 2. The number of anilines is 1. The van der Waals surface area contributed by atoms with Crippen LogP contribution in [-0.2, 0) is 9.53 Å². The van der Waals surface area contributed by atoms with Gasteiger partial charge in [0.05, 0.1) is 12.9 Å². The highest BCUT2D eigenvalue weighted by atomic mass is 16.5. The highest BCUT2D eigenvalue weighted by Gasteiger charge is 2.04. The van der Waals surface area contributed by atoms with E-state index in [0.29, 0.717) is 12.3 Å².